The molecule has 0 spiro atoms. The summed E-state index contributed by atoms with van der Waals surface area (Å²) in [4.78, 5) is 0. The van der Waals surface area contributed by atoms with Crippen molar-refractivity contribution in [3.8, 4) is 0 Å². The van der Waals surface area contributed by atoms with E-state index in [0.29, 0.717) is 11.8 Å². The molecule has 2 fully saturated rings. The fourth-order valence-electron chi connectivity index (χ4n) is 5.55. The standard InChI is InChI=1S/C28H44O2/c1-4-7-8-11-22-12-14-24(15-13-22)27(10-6-3)25-16-18-26(19-17-25)28-29-20-23(9-5-2)21-30-28/h6,16-19,22-24,27-28H,3-5,7-15,20-21H2,1-2H3/t22-,23-,24-,27?,28-. The summed E-state index contributed by atoms with van der Waals surface area (Å²) in [7, 11) is 0. The maximum absolute atomic E-state index is 6.01. The molecule has 1 heterocycles. The maximum Gasteiger partial charge on any atom is 0.183 e. The SMILES string of the molecule is C=CCC(c1ccc([C@H]2OC[C@H](CCC)CO2)cc1)[C@H]1CC[C@H](CCCCC)CC1. The van der Waals surface area contributed by atoms with Crippen LogP contribution in [-0.2, 0) is 9.47 Å². The Balaban J connectivity index is 1.54. The van der Waals surface area contributed by atoms with Gasteiger partial charge >= 0.3 is 0 Å². The Morgan fingerprint density at radius 2 is 1.60 bits per heavy atom. The third-order valence-corrected chi connectivity index (χ3v) is 7.40. The van der Waals surface area contributed by atoms with E-state index in [4.69, 9.17) is 9.47 Å². The van der Waals surface area contributed by atoms with Gasteiger partial charge in [-0.2, -0.15) is 0 Å². The lowest BCUT2D eigenvalue weighted by atomic mass is 9.71. The molecule has 1 atom stereocenters. The molecule has 1 aromatic rings. The van der Waals surface area contributed by atoms with Gasteiger partial charge in [0, 0.05) is 11.5 Å². The van der Waals surface area contributed by atoms with Crippen molar-refractivity contribution in [2.75, 3.05) is 13.2 Å². The summed E-state index contributed by atoms with van der Waals surface area (Å²) in [6.07, 6.45) is 16.6. The molecular weight excluding hydrogens is 368 g/mol. The molecule has 3 rings (SSSR count). The lowest BCUT2D eigenvalue weighted by Gasteiger charge is -2.34. The highest BCUT2D eigenvalue weighted by Crippen LogP contribution is 2.42. The van der Waals surface area contributed by atoms with E-state index in [2.05, 4.69) is 50.8 Å². The van der Waals surface area contributed by atoms with Gasteiger partial charge in [-0.3, -0.25) is 0 Å². The van der Waals surface area contributed by atoms with Gasteiger partial charge in [0.2, 0.25) is 0 Å². The Bertz CT molecular complexity index is 592. The number of rotatable bonds is 11. The van der Waals surface area contributed by atoms with E-state index in [-0.39, 0.29) is 6.29 Å². The topological polar surface area (TPSA) is 18.5 Å². The number of hydrogen-bond acceptors (Lipinski definition) is 2. The number of benzene rings is 1. The minimum atomic E-state index is -0.191. The number of allylic oxidation sites excluding steroid dienone is 1. The summed E-state index contributed by atoms with van der Waals surface area (Å²) in [6, 6.07) is 9.10. The molecule has 1 aromatic carbocycles. The van der Waals surface area contributed by atoms with Crippen LogP contribution in [0.25, 0.3) is 0 Å². The van der Waals surface area contributed by atoms with E-state index < -0.39 is 0 Å². The highest BCUT2D eigenvalue weighted by Gasteiger charge is 2.28. The molecule has 0 aromatic heterocycles. The van der Waals surface area contributed by atoms with Crippen molar-refractivity contribution in [2.45, 2.75) is 96.7 Å². The predicted molar refractivity (Wildman–Crippen MR) is 127 cm³/mol. The van der Waals surface area contributed by atoms with Gasteiger partial charge in [-0.15, -0.1) is 6.58 Å². The quantitative estimate of drug-likeness (QED) is 0.269. The zero-order valence-corrected chi connectivity index (χ0v) is 19.5. The fourth-order valence-corrected chi connectivity index (χ4v) is 5.55. The van der Waals surface area contributed by atoms with Crippen LogP contribution < -0.4 is 0 Å². The average molecular weight is 413 g/mol. The van der Waals surface area contributed by atoms with Crippen LogP contribution in [0.5, 0.6) is 0 Å². The molecule has 168 valence electrons. The summed E-state index contributed by atoms with van der Waals surface area (Å²) >= 11 is 0. The lowest BCUT2D eigenvalue weighted by molar-refractivity contribution is -0.206. The fraction of sp³-hybridized carbons (Fsp3) is 0.714. The van der Waals surface area contributed by atoms with Crippen molar-refractivity contribution >= 4 is 0 Å². The third kappa shape index (κ3) is 6.69. The van der Waals surface area contributed by atoms with Crippen molar-refractivity contribution in [2.24, 2.45) is 17.8 Å². The van der Waals surface area contributed by atoms with E-state index in [9.17, 15) is 0 Å². The smallest absolute Gasteiger partial charge is 0.183 e. The normalized spacial score (nSPS) is 28.2. The summed E-state index contributed by atoms with van der Waals surface area (Å²) in [6.45, 7) is 10.2. The Hall–Kier alpha value is -1.12. The molecule has 1 saturated heterocycles. The number of ether oxygens (including phenoxy) is 2. The van der Waals surface area contributed by atoms with Crippen LogP contribution in [-0.4, -0.2) is 13.2 Å². The zero-order chi connectivity index (χ0) is 21.2. The van der Waals surface area contributed by atoms with Gasteiger partial charge in [-0.05, 0) is 49.0 Å². The molecule has 0 bridgehead atoms. The van der Waals surface area contributed by atoms with Crippen LogP contribution in [0.1, 0.15) is 108 Å². The highest BCUT2D eigenvalue weighted by atomic mass is 16.7. The van der Waals surface area contributed by atoms with Crippen molar-refractivity contribution in [1.82, 2.24) is 0 Å². The molecule has 1 saturated carbocycles. The van der Waals surface area contributed by atoms with Gasteiger partial charge in [0.15, 0.2) is 6.29 Å². The monoisotopic (exact) mass is 412 g/mol. The number of hydrogen-bond donors (Lipinski definition) is 0. The minimum absolute atomic E-state index is 0.191. The molecule has 1 aliphatic heterocycles. The van der Waals surface area contributed by atoms with E-state index in [1.165, 1.54) is 69.8 Å². The molecule has 2 aliphatic rings. The summed E-state index contributed by atoms with van der Waals surface area (Å²) in [5.74, 6) is 2.93. The number of unbranched alkanes of at least 4 members (excludes halogenated alkanes) is 2. The van der Waals surface area contributed by atoms with Gasteiger partial charge in [0.05, 0.1) is 13.2 Å². The van der Waals surface area contributed by atoms with Crippen LogP contribution >= 0.6 is 0 Å². The molecular formula is C28H44O2. The van der Waals surface area contributed by atoms with Gasteiger partial charge < -0.3 is 9.47 Å². The Kier molecular flexibility index (Phi) is 9.94. The Morgan fingerprint density at radius 3 is 2.20 bits per heavy atom. The first-order valence-corrected chi connectivity index (χ1v) is 12.7. The second kappa shape index (κ2) is 12.7. The van der Waals surface area contributed by atoms with E-state index in [0.717, 1.165) is 37.0 Å². The van der Waals surface area contributed by atoms with Gasteiger partial charge in [-0.1, -0.05) is 89.1 Å². The van der Waals surface area contributed by atoms with Crippen LogP contribution in [0.2, 0.25) is 0 Å². The Labute approximate surface area is 185 Å². The van der Waals surface area contributed by atoms with E-state index in [1.54, 1.807) is 0 Å². The second-order valence-electron chi connectivity index (χ2n) is 9.73. The summed E-state index contributed by atoms with van der Waals surface area (Å²) in [5, 5.41) is 0. The first-order valence-electron chi connectivity index (χ1n) is 12.7. The van der Waals surface area contributed by atoms with Crippen molar-refractivity contribution in [3.05, 3.63) is 48.0 Å². The highest BCUT2D eigenvalue weighted by molar-refractivity contribution is 5.27. The molecule has 0 amide bonds. The van der Waals surface area contributed by atoms with Crippen LogP contribution in [0, 0.1) is 17.8 Å². The molecule has 1 aliphatic carbocycles. The molecule has 1 unspecified atom stereocenters. The largest absolute Gasteiger partial charge is 0.348 e. The zero-order valence-electron chi connectivity index (χ0n) is 19.5. The molecule has 2 nitrogen and oxygen atoms in total. The average Bonchev–Trinajstić information content (AvgIpc) is 2.79. The van der Waals surface area contributed by atoms with Crippen LogP contribution in [0.15, 0.2) is 36.9 Å². The van der Waals surface area contributed by atoms with Gasteiger partial charge in [0.1, 0.15) is 0 Å². The summed E-state index contributed by atoms with van der Waals surface area (Å²) < 4.78 is 12.0. The molecule has 0 N–H and O–H groups in total. The van der Waals surface area contributed by atoms with Gasteiger partial charge in [0.25, 0.3) is 0 Å². The minimum Gasteiger partial charge on any atom is -0.348 e. The molecule has 0 radical (unpaired) electrons. The lowest BCUT2D eigenvalue weighted by Crippen LogP contribution is -2.27. The van der Waals surface area contributed by atoms with Crippen molar-refractivity contribution in [1.29, 1.82) is 0 Å². The van der Waals surface area contributed by atoms with Gasteiger partial charge in [-0.25, -0.2) is 0 Å². The van der Waals surface area contributed by atoms with Crippen LogP contribution in [0.3, 0.4) is 0 Å². The predicted octanol–water partition coefficient (Wildman–Crippen LogP) is 8.19. The van der Waals surface area contributed by atoms with E-state index in [1.807, 2.05) is 0 Å². The van der Waals surface area contributed by atoms with Crippen molar-refractivity contribution in [3.63, 3.8) is 0 Å². The first-order chi connectivity index (χ1) is 14.7. The Morgan fingerprint density at radius 1 is 0.900 bits per heavy atom. The first kappa shape index (κ1) is 23.5. The third-order valence-electron chi connectivity index (χ3n) is 7.40. The van der Waals surface area contributed by atoms with Crippen LogP contribution in [0.4, 0.5) is 0 Å². The van der Waals surface area contributed by atoms with E-state index >= 15 is 0 Å². The maximum atomic E-state index is 6.01. The second-order valence-corrected chi connectivity index (χ2v) is 9.73. The van der Waals surface area contributed by atoms with Crippen molar-refractivity contribution < 1.29 is 9.47 Å². The molecule has 2 heteroatoms. The summed E-state index contributed by atoms with van der Waals surface area (Å²) in [5.41, 5.74) is 2.62. The molecule has 30 heavy (non-hydrogen) atoms.